The monoisotopic (exact) mass is 458 g/mol. The van der Waals surface area contributed by atoms with Crippen LogP contribution in [0.4, 0.5) is 31.6 Å². The van der Waals surface area contributed by atoms with Gasteiger partial charge in [-0.3, -0.25) is 9.59 Å². The molecule has 0 spiro atoms. The topological polar surface area (TPSA) is 151 Å². The van der Waals surface area contributed by atoms with Crippen molar-refractivity contribution in [3.63, 3.8) is 0 Å². The second-order valence-electron chi connectivity index (χ2n) is 7.04. The Kier molecular flexibility index (Phi) is 7.18. The van der Waals surface area contributed by atoms with Crippen molar-refractivity contribution in [3.8, 4) is 0 Å². The Morgan fingerprint density at radius 2 is 2.00 bits per heavy atom. The Morgan fingerprint density at radius 1 is 1.22 bits per heavy atom. The zero-order chi connectivity index (χ0) is 23.3. The number of likely N-dealkylation sites (N-methyl/N-ethyl adjacent to an activating group) is 1. The van der Waals surface area contributed by atoms with E-state index in [0.717, 1.165) is 23.6 Å². The van der Waals surface area contributed by atoms with E-state index in [1.54, 1.807) is 12.1 Å². The molecule has 1 aromatic carbocycles. The molecule has 3 aromatic rings. The van der Waals surface area contributed by atoms with E-state index in [0.29, 0.717) is 23.5 Å². The molecule has 7 N–H and O–H groups in total. The number of hydrogen-bond donors (Lipinski definition) is 5. The third kappa shape index (κ3) is 5.89. The molecule has 0 unspecified atom stereocenters. The minimum Gasteiger partial charge on any atom is -0.397 e. The summed E-state index contributed by atoms with van der Waals surface area (Å²) in [5.74, 6) is -1.97. The number of nitrogens with zero attached hydrogens (tertiary/aromatic N) is 3. The highest BCUT2D eigenvalue weighted by Gasteiger charge is 2.19. The molecule has 0 saturated carbocycles. The van der Waals surface area contributed by atoms with Crippen LogP contribution < -0.4 is 27.4 Å². The summed E-state index contributed by atoms with van der Waals surface area (Å²) in [5.41, 5.74) is 13.2. The number of primary amides is 1. The van der Waals surface area contributed by atoms with E-state index < -0.39 is 17.8 Å². The van der Waals surface area contributed by atoms with E-state index in [1.807, 2.05) is 19.0 Å². The van der Waals surface area contributed by atoms with Gasteiger partial charge in [-0.25, -0.2) is 9.97 Å². The van der Waals surface area contributed by atoms with Crippen LogP contribution in [0.25, 0.3) is 0 Å². The van der Waals surface area contributed by atoms with Crippen molar-refractivity contribution >= 4 is 50.3 Å². The second kappa shape index (κ2) is 10.0. The predicted molar refractivity (Wildman–Crippen MR) is 124 cm³/mol. The van der Waals surface area contributed by atoms with E-state index in [4.69, 9.17) is 11.5 Å². The van der Waals surface area contributed by atoms with Crippen molar-refractivity contribution in [2.75, 3.05) is 48.9 Å². The van der Waals surface area contributed by atoms with E-state index >= 15 is 0 Å². The zero-order valence-electron chi connectivity index (χ0n) is 17.5. The first kappa shape index (κ1) is 22.9. The number of benzene rings is 1. The molecule has 0 aliphatic carbocycles. The summed E-state index contributed by atoms with van der Waals surface area (Å²) in [7, 11) is 3.93. The number of amides is 2. The highest BCUT2D eigenvalue weighted by Crippen LogP contribution is 2.31. The largest absolute Gasteiger partial charge is 0.397 e. The summed E-state index contributed by atoms with van der Waals surface area (Å²) in [6.07, 6.45) is 1.28. The molecule has 12 heteroatoms. The summed E-state index contributed by atoms with van der Waals surface area (Å²) in [4.78, 5) is 34.1. The molecule has 2 aromatic heterocycles. The van der Waals surface area contributed by atoms with E-state index in [2.05, 4.69) is 25.9 Å². The number of thiazole rings is 1. The number of carbonyl (C=O) groups excluding carboxylic acids is 2. The summed E-state index contributed by atoms with van der Waals surface area (Å²) in [5, 5.41) is 9.11. The first-order valence-electron chi connectivity index (χ1n) is 9.51. The summed E-state index contributed by atoms with van der Waals surface area (Å²) >= 11 is 0.987. The number of anilines is 5. The van der Waals surface area contributed by atoms with E-state index in [1.165, 1.54) is 24.4 Å². The lowest BCUT2D eigenvalue weighted by molar-refractivity contribution is 0.0997. The lowest BCUT2D eigenvalue weighted by Gasteiger charge is -2.13. The normalized spacial score (nSPS) is 10.8. The van der Waals surface area contributed by atoms with Crippen LogP contribution in [0.3, 0.4) is 0 Å². The van der Waals surface area contributed by atoms with Gasteiger partial charge in [-0.1, -0.05) is 11.3 Å². The Labute approximate surface area is 187 Å². The van der Waals surface area contributed by atoms with Crippen molar-refractivity contribution in [1.82, 2.24) is 14.9 Å². The molecule has 2 heterocycles. The second-order valence-corrected chi connectivity index (χ2v) is 8.04. The van der Waals surface area contributed by atoms with Gasteiger partial charge in [0.2, 0.25) is 5.95 Å². The molecule has 0 aliphatic heterocycles. The van der Waals surface area contributed by atoms with Gasteiger partial charge in [0.05, 0.1) is 11.4 Å². The molecule has 0 radical (unpaired) electrons. The first-order valence-corrected chi connectivity index (χ1v) is 10.3. The minimum absolute atomic E-state index is 0.115. The van der Waals surface area contributed by atoms with Gasteiger partial charge in [-0.15, -0.1) is 0 Å². The summed E-state index contributed by atoms with van der Waals surface area (Å²) in [6, 6.07) is 7.57. The smallest absolute Gasteiger partial charge is 0.270 e. The fourth-order valence-corrected chi connectivity index (χ4v) is 3.57. The summed E-state index contributed by atoms with van der Waals surface area (Å²) in [6.45, 7) is 1.52. The SMILES string of the molecule is CN(C)CCNc1ccc(C(=O)Nc2sc(Nc3ccnc(F)c3)nc2C(N)=O)cc1N. The average molecular weight is 459 g/mol. The molecule has 0 aliphatic rings. The van der Waals surface area contributed by atoms with Gasteiger partial charge in [-0.2, -0.15) is 4.39 Å². The molecule has 168 valence electrons. The maximum Gasteiger partial charge on any atom is 0.270 e. The van der Waals surface area contributed by atoms with Gasteiger partial charge in [-0.05, 0) is 38.4 Å². The van der Waals surface area contributed by atoms with Gasteiger partial charge in [0.25, 0.3) is 11.8 Å². The molecule has 0 saturated heterocycles. The van der Waals surface area contributed by atoms with Gasteiger partial charge in [0.1, 0.15) is 5.00 Å². The fraction of sp³-hybridized carbons (Fsp3) is 0.200. The van der Waals surface area contributed by atoms with Gasteiger partial charge in [0, 0.05) is 36.6 Å². The van der Waals surface area contributed by atoms with Crippen molar-refractivity contribution in [3.05, 3.63) is 53.7 Å². The minimum atomic E-state index is -0.814. The van der Waals surface area contributed by atoms with Crippen LogP contribution in [0.2, 0.25) is 0 Å². The molecular weight excluding hydrogens is 435 g/mol. The number of aromatic nitrogens is 2. The van der Waals surface area contributed by atoms with Crippen molar-refractivity contribution in [2.24, 2.45) is 5.73 Å². The fourth-order valence-electron chi connectivity index (χ4n) is 2.68. The Morgan fingerprint density at radius 3 is 2.66 bits per heavy atom. The maximum absolute atomic E-state index is 13.3. The van der Waals surface area contributed by atoms with Crippen LogP contribution in [-0.4, -0.2) is 53.9 Å². The third-order valence-corrected chi connectivity index (χ3v) is 5.14. The van der Waals surface area contributed by atoms with Crippen molar-refractivity contribution in [2.45, 2.75) is 0 Å². The van der Waals surface area contributed by atoms with Gasteiger partial charge >= 0.3 is 0 Å². The third-order valence-electron chi connectivity index (χ3n) is 4.25. The van der Waals surface area contributed by atoms with Crippen molar-refractivity contribution < 1.29 is 14.0 Å². The van der Waals surface area contributed by atoms with Crippen molar-refractivity contribution in [1.29, 1.82) is 0 Å². The highest BCUT2D eigenvalue weighted by atomic mass is 32.1. The van der Waals surface area contributed by atoms with Crippen LogP contribution in [0.1, 0.15) is 20.8 Å². The highest BCUT2D eigenvalue weighted by molar-refractivity contribution is 7.20. The first-order chi connectivity index (χ1) is 15.2. The molecule has 2 amide bonds. The number of pyridine rings is 1. The van der Waals surface area contributed by atoms with Crippen LogP contribution >= 0.6 is 11.3 Å². The molecular formula is C20H23FN8O2S. The number of nitrogens with two attached hydrogens (primary N) is 2. The van der Waals surface area contributed by atoms with E-state index in [-0.39, 0.29) is 15.8 Å². The van der Waals surface area contributed by atoms with Crippen LogP contribution in [0, 0.1) is 5.95 Å². The van der Waals surface area contributed by atoms with Crippen LogP contribution in [-0.2, 0) is 0 Å². The standard InChI is InChI=1S/C20H23FN8O2S/c1-29(2)8-7-24-14-4-3-11(9-13(14)22)18(31)28-19-16(17(23)30)27-20(32-19)26-12-5-6-25-15(21)10-12/h3-6,9-10,24H,7-8,22H2,1-2H3,(H2,23,30)(H,28,31)(H,25,26,27). The number of nitrogen functional groups attached to an aromatic ring is 1. The Balaban J connectivity index is 1.74. The number of carbonyl (C=O) groups is 2. The lowest BCUT2D eigenvalue weighted by Crippen LogP contribution is -2.21. The van der Waals surface area contributed by atoms with E-state index in [9.17, 15) is 14.0 Å². The molecule has 0 fully saturated rings. The van der Waals surface area contributed by atoms with Crippen LogP contribution in [0.5, 0.6) is 0 Å². The Bertz CT molecular complexity index is 1130. The number of nitrogens with one attached hydrogen (secondary N) is 3. The van der Waals surface area contributed by atoms with Gasteiger partial charge in [0.15, 0.2) is 10.8 Å². The number of hydrogen-bond acceptors (Lipinski definition) is 9. The predicted octanol–water partition coefficient (Wildman–Crippen LogP) is 2.33. The number of rotatable bonds is 9. The molecule has 10 nitrogen and oxygen atoms in total. The molecule has 0 atom stereocenters. The zero-order valence-corrected chi connectivity index (χ0v) is 18.3. The molecule has 32 heavy (non-hydrogen) atoms. The quantitative estimate of drug-likeness (QED) is 0.242. The summed E-state index contributed by atoms with van der Waals surface area (Å²) < 4.78 is 13.3. The van der Waals surface area contributed by atoms with Crippen LogP contribution in [0.15, 0.2) is 36.5 Å². The lowest BCUT2D eigenvalue weighted by atomic mass is 10.1. The maximum atomic E-state index is 13.3. The number of halogens is 1. The average Bonchev–Trinajstić information content (AvgIpc) is 3.11. The van der Waals surface area contributed by atoms with Gasteiger partial charge < -0.3 is 32.3 Å². The molecule has 3 rings (SSSR count). The Hall–Kier alpha value is -3.77. The molecule has 0 bridgehead atoms.